The Bertz CT molecular complexity index is 977. The number of rotatable bonds is 5. The Kier molecular flexibility index (Phi) is 4.39. The second kappa shape index (κ2) is 6.74. The van der Waals surface area contributed by atoms with Gasteiger partial charge in [0.25, 0.3) is 0 Å². The van der Waals surface area contributed by atoms with Gasteiger partial charge in [0.1, 0.15) is 5.52 Å². The van der Waals surface area contributed by atoms with Crippen LogP contribution in [0.5, 0.6) is 0 Å². The minimum absolute atomic E-state index is 0.0843. The molecule has 140 valence electrons. The van der Waals surface area contributed by atoms with Gasteiger partial charge >= 0.3 is 0 Å². The fourth-order valence-corrected chi connectivity index (χ4v) is 3.41. The Morgan fingerprint density at radius 2 is 2.15 bits per heavy atom. The quantitative estimate of drug-likeness (QED) is 0.725. The predicted molar refractivity (Wildman–Crippen MR) is 102 cm³/mol. The molecule has 1 amide bonds. The van der Waals surface area contributed by atoms with E-state index in [1.807, 2.05) is 23.6 Å². The number of imidazole rings is 1. The summed E-state index contributed by atoms with van der Waals surface area (Å²) in [6.45, 7) is 3.56. The fourth-order valence-electron chi connectivity index (χ4n) is 3.41. The van der Waals surface area contributed by atoms with Gasteiger partial charge in [-0.3, -0.25) is 19.7 Å². The van der Waals surface area contributed by atoms with Crippen LogP contribution in [0.3, 0.4) is 0 Å². The molecule has 1 aliphatic carbocycles. The number of anilines is 1. The highest BCUT2D eigenvalue weighted by Gasteiger charge is 2.30. The topological polar surface area (TPSA) is 92.9 Å². The summed E-state index contributed by atoms with van der Waals surface area (Å²) in [4.78, 5) is 25.9. The molecule has 1 fully saturated rings. The summed E-state index contributed by atoms with van der Waals surface area (Å²) < 4.78 is 2.03. The lowest BCUT2D eigenvalue weighted by Crippen LogP contribution is -2.30. The zero-order chi connectivity index (χ0) is 19.0. The molecule has 0 radical (unpaired) electrons. The minimum atomic E-state index is -1.31. The Morgan fingerprint density at radius 3 is 2.81 bits per heavy atom. The van der Waals surface area contributed by atoms with Gasteiger partial charge in [-0.2, -0.15) is 0 Å². The molecule has 4 rings (SSSR count). The molecule has 1 atom stereocenters. The number of aryl methyl sites for hydroxylation is 1. The first-order valence-corrected chi connectivity index (χ1v) is 9.22. The Balaban J connectivity index is 1.60. The van der Waals surface area contributed by atoms with Crippen molar-refractivity contribution in [3.63, 3.8) is 0 Å². The van der Waals surface area contributed by atoms with E-state index in [0.29, 0.717) is 17.6 Å². The van der Waals surface area contributed by atoms with Gasteiger partial charge in [0.05, 0.1) is 12.0 Å². The first-order valence-electron chi connectivity index (χ1n) is 9.22. The van der Waals surface area contributed by atoms with E-state index in [0.717, 1.165) is 29.7 Å². The van der Waals surface area contributed by atoms with Crippen LogP contribution in [0, 0.1) is 6.92 Å². The summed E-state index contributed by atoms with van der Waals surface area (Å²) in [6.07, 6.45) is 6.40. The van der Waals surface area contributed by atoms with Crippen LogP contribution in [-0.2, 0) is 10.4 Å². The Hall–Kier alpha value is -2.80. The van der Waals surface area contributed by atoms with E-state index in [1.54, 1.807) is 31.5 Å². The first kappa shape index (κ1) is 17.6. The number of fused-ring (bicyclic) bond motifs is 1. The highest BCUT2D eigenvalue weighted by atomic mass is 16.3. The van der Waals surface area contributed by atoms with Gasteiger partial charge in [0.15, 0.2) is 5.65 Å². The molecule has 1 aliphatic rings. The lowest BCUT2D eigenvalue weighted by Gasteiger charge is -2.29. The molecule has 0 aliphatic heterocycles. The van der Waals surface area contributed by atoms with Crippen LogP contribution in [0.15, 0.2) is 36.7 Å². The molecular weight excluding hydrogens is 342 g/mol. The summed E-state index contributed by atoms with van der Waals surface area (Å²) in [7, 11) is 0. The number of aromatic nitrogens is 4. The first-order chi connectivity index (χ1) is 12.9. The normalized spacial score (nSPS) is 16.7. The molecule has 1 saturated carbocycles. The number of carbonyl (C=O) groups is 1. The monoisotopic (exact) mass is 365 g/mol. The summed E-state index contributed by atoms with van der Waals surface area (Å²) in [5, 5.41) is 13.6. The van der Waals surface area contributed by atoms with Gasteiger partial charge in [-0.15, -0.1) is 0 Å². The molecule has 0 saturated heterocycles. The second-order valence-electron chi connectivity index (χ2n) is 7.43. The number of nitrogens with one attached hydrogen (secondary N) is 1. The van der Waals surface area contributed by atoms with Crippen LogP contribution in [0.4, 0.5) is 5.95 Å². The van der Waals surface area contributed by atoms with E-state index in [2.05, 4.69) is 20.3 Å². The van der Waals surface area contributed by atoms with E-state index in [4.69, 9.17) is 0 Å². The average Bonchev–Trinajstić information content (AvgIpc) is 2.91. The van der Waals surface area contributed by atoms with Gasteiger partial charge in [-0.05, 0) is 51.3 Å². The highest BCUT2D eigenvalue weighted by molar-refractivity contribution is 5.91. The van der Waals surface area contributed by atoms with Gasteiger partial charge in [0.2, 0.25) is 11.9 Å². The third-order valence-corrected chi connectivity index (χ3v) is 5.16. The van der Waals surface area contributed by atoms with Crippen molar-refractivity contribution in [2.24, 2.45) is 0 Å². The van der Waals surface area contributed by atoms with E-state index in [-0.39, 0.29) is 12.3 Å². The lowest BCUT2D eigenvalue weighted by molar-refractivity contribution is -0.120. The molecule has 0 aromatic carbocycles. The molecule has 7 nitrogen and oxygen atoms in total. The van der Waals surface area contributed by atoms with Gasteiger partial charge in [0, 0.05) is 29.7 Å². The van der Waals surface area contributed by atoms with Crippen LogP contribution in [0.2, 0.25) is 0 Å². The summed E-state index contributed by atoms with van der Waals surface area (Å²) >= 11 is 0. The third-order valence-electron chi connectivity index (χ3n) is 5.16. The van der Waals surface area contributed by atoms with Crippen molar-refractivity contribution in [3.8, 4) is 0 Å². The molecule has 3 heterocycles. The van der Waals surface area contributed by atoms with Crippen LogP contribution >= 0.6 is 0 Å². The number of hydrogen-bond acceptors (Lipinski definition) is 5. The standard InChI is InChI=1S/C20H23N5O2/c1-13-8-9-16-18(22-13)25(15-6-3-7-15)19(23-16)24-17(26)11-20(2,27)14-5-4-10-21-12-14/h4-5,8-10,12,15,27H,3,6-7,11H2,1-2H3,(H,23,24,26)/t20-/m1/s1. The fraction of sp³-hybridized carbons (Fsp3) is 0.400. The smallest absolute Gasteiger partial charge is 0.229 e. The van der Waals surface area contributed by atoms with Crippen molar-refractivity contribution in [3.05, 3.63) is 47.9 Å². The zero-order valence-corrected chi connectivity index (χ0v) is 15.5. The number of hydrogen-bond donors (Lipinski definition) is 2. The molecule has 0 bridgehead atoms. The van der Waals surface area contributed by atoms with Crippen LogP contribution in [0.1, 0.15) is 49.9 Å². The highest BCUT2D eigenvalue weighted by Crippen LogP contribution is 2.37. The molecule has 0 spiro atoms. The van der Waals surface area contributed by atoms with Crippen molar-refractivity contribution in [2.45, 2.75) is 51.2 Å². The number of carbonyl (C=O) groups excluding carboxylic acids is 1. The molecule has 2 N–H and O–H groups in total. The molecule has 3 aromatic heterocycles. The van der Waals surface area contributed by atoms with E-state index < -0.39 is 5.60 Å². The molecule has 3 aromatic rings. The summed E-state index contributed by atoms with van der Waals surface area (Å²) in [5.41, 5.74) is 1.78. The minimum Gasteiger partial charge on any atom is -0.385 e. The lowest BCUT2D eigenvalue weighted by atomic mass is 9.93. The maximum atomic E-state index is 12.7. The van der Waals surface area contributed by atoms with Crippen molar-refractivity contribution in [2.75, 3.05) is 5.32 Å². The number of pyridine rings is 2. The second-order valence-corrected chi connectivity index (χ2v) is 7.43. The molecule has 7 heteroatoms. The Morgan fingerprint density at radius 1 is 1.33 bits per heavy atom. The molecule has 0 unspecified atom stereocenters. The zero-order valence-electron chi connectivity index (χ0n) is 15.5. The SMILES string of the molecule is Cc1ccc2nc(NC(=O)C[C@@](C)(O)c3cccnc3)n(C3CCC3)c2n1. The Labute approximate surface area is 157 Å². The van der Waals surface area contributed by atoms with Crippen molar-refractivity contribution < 1.29 is 9.90 Å². The van der Waals surface area contributed by atoms with Gasteiger partial charge in [-0.1, -0.05) is 6.07 Å². The van der Waals surface area contributed by atoms with E-state index >= 15 is 0 Å². The largest absolute Gasteiger partial charge is 0.385 e. The number of amides is 1. The number of aliphatic hydroxyl groups is 1. The summed E-state index contributed by atoms with van der Waals surface area (Å²) in [5.74, 6) is 0.205. The van der Waals surface area contributed by atoms with Crippen molar-refractivity contribution >= 4 is 23.0 Å². The van der Waals surface area contributed by atoms with Crippen LogP contribution in [-0.4, -0.2) is 30.5 Å². The average molecular weight is 365 g/mol. The van der Waals surface area contributed by atoms with Crippen LogP contribution < -0.4 is 5.32 Å². The number of nitrogens with zero attached hydrogens (tertiary/aromatic N) is 4. The maximum Gasteiger partial charge on any atom is 0.229 e. The van der Waals surface area contributed by atoms with Crippen LogP contribution in [0.25, 0.3) is 11.2 Å². The predicted octanol–water partition coefficient (Wildman–Crippen LogP) is 3.10. The molecule has 27 heavy (non-hydrogen) atoms. The molecular formula is C20H23N5O2. The van der Waals surface area contributed by atoms with Crippen molar-refractivity contribution in [1.82, 2.24) is 19.5 Å². The third kappa shape index (κ3) is 3.42. The van der Waals surface area contributed by atoms with Gasteiger partial charge < -0.3 is 5.11 Å². The van der Waals surface area contributed by atoms with Gasteiger partial charge in [-0.25, -0.2) is 9.97 Å². The van der Waals surface area contributed by atoms with E-state index in [1.165, 1.54) is 6.42 Å². The summed E-state index contributed by atoms with van der Waals surface area (Å²) in [6, 6.07) is 7.65. The van der Waals surface area contributed by atoms with E-state index in [9.17, 15) is 9.90 Å². The maximum absolute atomic E-state index is 12.7. The van der Waals surface area contributed by atoms with Crippen molar-refractivity contribution in [1.29, 1.82) is 0 Å².